The lowest BCUT2D eigenvalue weighted by Gasteiger charge is -2.30. The molecule has 18 heavy (non-hydrogen) atoms. The fourth-order valence-electron chi connectivity index (χ4n) is 2.59. The number of halogens is 1. The minimum absolute atomic E-state index is 0.109. The lowest BCUT2D eigenvalue weighted by molar-refractivity contribution is 0.0522. The SMILES string of the molecule is COc1ccc(C(O)C(C(C)C)C(C)C)cc1F. The first-order chi connectivity index (χ1) is 8.38. The Balaban J connectivity index is 3.02. The van der Waals surface area contributed by atoms with Crippen LogP contribution in [0.2, 0.25) is 0 Å². The van der Waals surface area contributed by atoms with Crippen molar-refractivity contribution >= 4 is 0 Å². The van der Waals surface area contributed by atoms with E-state index < -0.39 is 11.9 Å². The van der Waals surface area contributed by atoms with Crippen molar-refractivity contribution < 1.29 is 14.2 Å². The number of ether oxygens (including phenoxy) is 1. The van der Waals surface area contributed by atoms with Gasteiger partial charge in [-0.2, -0.15) is 0 Å². The Hall–Kier alpha value is -1.09. The molecule has 0 aliphatic heterocycles. The summed E-state index contributed by atoms with van der Waals surface area (Å²) in [5.41, 5.74) is 0.612. The van der Waals surface area contributed by atoms with Gasteiger partial charge < -0.3 is 9.84 Å². The van der Waals surface area contributed by atoms with E-state index in [0.29, 0.717) is 17.4 Å². The minimum atomic E-state index is -0.648. The molecular formula is C15H23FO2. The minimum Gasteiger partial charge on any atom is -0.494 e. The Bertz CT molecular complexity index is 380. The summed E-state index contributed by atoms with van der Waals surface area (Å²) in [6.07, 6.45) is -0.648. The van der Waals surface area contributed by atoms with Crippen LogP contribution >= 0.6 is 0 Å². The Labute approximate surface area is 109 Å². The normalized spacial score (nSPS) is 13.4. The Morgan fingerprint density at radius 1 is 1.11 bits per heavy atom. The second-order valence-corrected chi connectivity index (χ2v) is 5.40. The molecule has 0 spiro atoms. The zero-order chi connectivity index (χ0) is 13.9. The molecule has 0 fully saturated rings. The van der Waals surface area contributed by atoms with Gasteiger partial charge in [0.1, 0.15) is 0 Å². The molecule has 1 aromatic rings. The van der Waals surface area contributed by atoms with Crippen molar-refractivity contribution in [1.29, 1.82) is 0 Å². The number of hydrogen-bond acceptors (Lipinski definition) is 2. The van der Waals surface area contributed by atoms with Gasteiger partial charge in [-0.25, -0.2) is 4.39 Å². The average Bonchev–Trinajstić information content (AvgIpc) is 2.27. The summed E-state index contributed by atoms with van der Waals surface area (Å²) >= 11 is 0. The lowest BCUT2D eigenvalue weighted by Crippen LogP contribution is -2.23. The molecule has 0 aliphatic rings. The number of hydrogen-bond donors (Lipinski definition) is 1. The highest BCUT2D eigenvalue weighted by molar-refractivity contribution is 5.30. The van der Waals surface area contributed by atoms with Crippen LogP contribution in [0.5, 0.6) is 5.75 Å². The van der Waals surface area contributed by atoms with Crippen LogP contribution in [-0.4, -0.2) is 12.2 Å². The van der Waals surface area contributed by atoms with Gasteiger partial charge in [-0.15, -0.1) is 0 Å². The first-order valence-electron chi connectivity index (χ1n) is 6.40. The van der Waals surface area contributed by atoms with E-state index in [1.165, 1.54) is 13.2 Å². The van der Waals surface area contributed by atoms with Gasteiger partial charge in [0.15, 0.2) is 11.6 Å². The van der Waals surface area contributed by atoms with E-state index in [9.17, 15) is 9.50 Å². The number of benzene rings is 1. The third-order valence-electron chi connectivity index (χ3n) is 3.42. The van der Waals surface area contributed by atoms with E-state index in [1.54, 1.807) is 12.1 Å². The summed E-state index contributed by atoms with van der Waals surface area (Å²) in [7, 11) is 1.43. The van der Waals surface area contributed by atoms with Gasteiger partial charge in [0.25, 0.3) is 0 Å². The molecule has 0 heterocycles. The Kier molecular flexibility index (Phi) is 5.15. The highest BCUT2D eigenvalue weighted by Crippen LogP contribution is 2.35. The van der Waals surface area contributed by atoms with Crippen LogP contribution in [-0.2, 0) is 0 Å². The van der Waals surface area contributed by atoms with Crippen LogP contribution < -0.4 is 4.74 Å². The maximum atomic E-state index is 13.6. The molecule has 0 radical (unpaired) electrons. The second kappa shape index (κ2) is 6.19. The second-order valence-electron chi connectivity index (χ2n) is 5.40. The molecule has 0 aliphatic carbocycles. The fourth-order valence-corrected chi connectivity index (χ4v) is 2.59. The van der Waals surface area contributed by atoms with E-state index in [0.717, 1.165) is 0 Å². The van der Waals surface area contributed by atoms with Crippen LogP contribution in [0.15, 0.2) is 18.2 Å². The van der Waals surface area contributed by atoms with E-state index in [1.807, 2.05) is 0 Å². The van der Waals surface area contributed by atoms with Crippen molar-refractivity contribution in [3.63, 3.8) is 0 Å². The number of rotatable bonds is 5. The molecule has 0 amide bonds. The van der Waals surface area contributed by atoms with Gasteiger partial charge in [-0.3, -0.25) is 0 Å². The molecule has 0 bridgehead atoms. The third-order valence-corrected chi connectivity index (χ3v) is 3.42. The van der Waals surface area contributed by atoms with Crippen LogP contribution in [0, 0.1) is 23.6 Å². The van der Waals surface area contributed by atoms with Crippen LogP contribution in [0.4, 0.5) is 4.39 Å². The van der Waals surface area contributed by atoms with Crippen molar-refractivity contribution in [2.45, 2.75) is 33.8 Å². The zero-order valence-electron chi connectivity index (χ0n) is 11.8. The summed E-state index contributed by atoms with van der Waals surface area (Å²) in [6.45, 7) is 8.31. The van der Waals surface area contributed by atoms with Crippen LogP contribution in [0.3, 0.4) is 0 Å². The summed E-state index contributed by atoms with van der Waals surface area (Å²) in [6, 6.07) is 4.65. The molecule has 0 saturated carbocycles. The van der Waals surface area contributed by atoms with Gasteiger partial charge >= 0.3 is 0 Å². The summed E-state index contributed by atoms with van der Waals surface area (Å²) < 4.78 is 18.5. The van der Waals surface area contributed by atoms with Crippen LogP contribution in [0.25, 0.3) is 0 Å². The molecule has 1 atom stereocenters. The molecule has 1 aromatic carbocycles. The third kappa shape index (κ3) is 3.22. The number of methoxy groups -OCH3 is 1. The van der Waals surface area contributed by atoms with Crippen molar-refractivity contribution in [2.75, 3.05) is 7.11 Å². The molecule has 2 nitrogen and oxygen atoms in total. The van der Waals surface area contributed by atoms with Crippen molar-refractivity contribution in [3.05, 3.63) is 29.6 Å². The highest BCUT2D eigenvalue weighted by atomic mass is 19.1. The molecule has 3 heteroatoms. The summed E-state index contributed by atoms with van der Waals surface area (Å²) in [4.78, 5) is 0. The van der Waals surface area contributed by atoms with Gasteiger partial charge in [0, 0.05) is 0 Å². The molecule has 1 unspecified atom stereocenters. The van der Waals surface area contributed by atoms with Crippen molar-refractivity contribution in [2.24, 2.45) is 17.8 Å². The van der Waals surface area contributed by atoms with Gasteiger partial charge in [-0.1, -0.05) is 33.8 Å². The van der Waals surface area contributed by atoms with E-state index in [-0.39, 0.29) is 11.7 Å². The Morgan fingerprint density at radius 3 is 2.06 bits per heavy atom. The number of aliphatic hydroxyl groups excluding tert-OH is 1. The fraction of sp³-hybridized carbons (Fsp3) is 0.600. The monoisotopic (exact) mass is 254 g/mol. The standard InChI is InChI=1S/C15H23FO2/c1-9(2)14(10(3)4)15(17)11-6-7-13(18-5)12(16)8-11/h6-10,14-15,17H,1-5H3. The van der Waals surface area contributed by atoms with E-state index >= 15 is 0 Å². The molecular weight excluding hydrogens is 231 g/mol. The summed E-state index contributed by atoms with van der Waals surface area (Å²) in [5.74, 6) is 0.560. The van der Waals surface area contributed by atoms with Gasteiger partial charge in [-0.05, 0) is 35.4 Å². The van der Waals surface area contributed by atoms with Crippen molar-refractivity contribution in [1.82, 2.24) is 0 Å². The smallest absolute Gasteiger partial charge is 0.165 e. The van der Waals surface area contributed by atoms with E-state index in [2.05, 4.69) is 27.7 Å². The predicted octanol–water partition coefficient (Wildman–Crippen LogP) is 3.80. The topological polar surface area (TPSA) is 29.5 Å². The maximum absolute atomic E-state index is 13.6. The molecule has 102 valence electrons. The quantitative estimate of drug-likeness (QED) is 0.866. The van der Waals surface area contributed by atoms with E-state index in [4.69, 9.17) is 4.74 Å². The molecule has 0 saturated heterocycles. The van der Waals surface area contributed by atoms with Crippen molar-refractivity contribution in [3.8, 4) is 5.75 Å². The van der Waals surface area contributed by atoms with Gasteiger partial charge in [0.2, 0.25) is 0 Å². The zero-order valence-corrected chi connectivity index (χ0v) is 11.8. The number of aliphatic hydroxyl groups is 1. The maximum Gasteiger partial charge on any atom is 0.165 e. The first kappa shape index (κ1) is 15.0. The van der Waals surface area contributed by atoms with Crippen LogP contribution in [0.1, 0.15) is 39.4 Å². The first-order valence-corrected chi connectivity index (χ1v) is 6.40. The Morgan fingerprint density at radius 2 is 1.67 bits per heavy atom. The average molecular weight is 254 g/mol. The molecule has 1 N–H and O–H groups in total. The lowest BCUT2D eigenvalue weighted by atomic mass is 9.79. The molecule has 1 rings (SSSR count). The van der Waals surface area contributed by atoms with Gasteiger partial charge in [0.05, 0.1) is 13.2 Å². The largest absolute Gasteiger partial charge is 0.494 e. The highest BCUT2D eigenvalue weighted by Gasteiger charge is 2.27. The molecule has 0 aromatic heterocycles. The summed E-state index contributed by atoms with van der Waals surface area (Å²) in [5, 5.41) is 10.4. The predicted molar refractivity (Wildman–Crippen MR) is 71.1 cm³/mol.